The van der Waals surface area contributed by atoms with Crippen LogP contribution in [-0.4, -0.2) is 37.3 Å². The molecule has 3 heterocycles. The molecule has 29 heavy (non-hydrogen) atoms. The normalized spacial score (nSPS) is 15.0. The van der Waals surface area contributed by atoms with E-state index in [1.165, 1.54) is 29.3 Å². The molecule has 0 spiro atoms. The number of halogens is 2. The number of hydrogen-bond acceptors (Lipinski definition) is 3. The molecule has 1 aliphatic rings. The monoisotopic (exact) mass is 429 g/mol. The molecule has 0 bridgehead atoms. The molecule has 0 amide bonds. The first kappa shape index (κ1) is 21.4. The fourth-order valence-electron chi connectivity index (χ4n) is 4.15. The highest BCUT2D eigenvalue weighted by Crippen LogP contribution is 2.29. The first-order valence-electron chi connectivity index (χ1n) is 9.59. The lowest BCUT2D eigenvalue weighted by Crippen LogP contribution is -2.34. The van der Waals surface area contributed by atoms with Crippen LogP contribution in [0, 0.1) is 0 Å². The molecule has 0 aliphatic carbocycles. The highest BCUT2D eigenvalue weighted by atomic mass is 35.5. The number of aromatic nitrogens is 4. The Morgan fingerprint density at radius 1 is 0.862 bits per heavy atom. The van der Waals surface area contributed by atoms with Gasteiger partial charge in [-0.1, -0.05) is 36.4 Å². The third kappa shape index (κ3) is 4.47. The molecule has 152 valence electrons. The number of benzene rings is 2. The molecule has 2 aromatic heterocycles. The largest absolute Gasteiger partial charge is 0.344 e. The van der Waals surface area contributed by atoms with Crippen LogP contribution in [0.2, 0.25) is 0 Å². The van der Waals surface area contributed by atoms with Crippen molar-refractivity contribution < 1.29 is 0 Å². The molecule has 5 rings (SSSR count). The van der Waals surface area contributed by atoms with Crippen molar-refractivity contribution in [2.75, 3.05) is 13.1 Å². The highest BCUT2D eigenvalue weighted by molar-refractivity contribution is 5.85. The van der Waals surface area contributed by atoms with Crippen molar-refractivity contribution in [3.05, 3.63) is 79.0 Å². The zero-order chi connectivity index (χ0) is 18.1. The maximum Gasteiger partial charge on any atom is 0.123 e. The number of nitrogens with zero attached hydrogens (tertiary/aromatic N) is 5. The van der Waals surface area contributed by atoms with E-state index in [0.717, 1.165) is 25.3 Å². The predicted molar refractivity (Wildman–Crippen MR) is 121 cm³/mol. The molecule has 0 N–H and O–H groups in total. The number of fused-ring (bicyclic) bond motifs is 1. The topological polar surface area (TPSA) is 38.9 Å². The summed E-state index contributed by atoms with van der Waals surface area (Å²) in [6, 6.07) is 20.1. The molecule has 0 unspecified atom stereocenters. The number of hydrogen-bond donors (Lipinski definition) is 0. The zero-order valence-electron chi connectivity index (χ0n) is 16.1. The van der Waals surface area contributed by atoms with E-state index < -0.39 is 0 Å². The van der Waals surface area contributed by atoms with E-state index >= 15 is 0 Å². The molecular formula is C22H25Cl2N5. The Kier molecular flexibility index (Phi) is 6.96. The van der Waals surface area contributed by atoms with Gasteiger partial charge in [0.25, 0.3) is 0 Å². The fourth-order valence-corrected chi connectivity index (χ4v) is 4.15. The van der Waals surface area contributed by atoms with Gasteiger partial charge in [0.15, 0.2) is 0 Å². The average Bonchev–Trinajstić information content (AvgIpc) is 3.39. The number of likely N-dealkylation sites (tertiary alicyclic amines) is 1. The van der Waals surface area contributed by atoms with Gasteiger partial charge < -0.3 is 4.57 Å². The van der Waals surface area contributed by atoms with Gasteiger partial charge in [0.2, 0.25) is 0 Å². The van der Waals surface area contributed by atoms with E-state index in [2.05, 4.69) is 80.5 Å². The van der Waals surface area contributed by atoms with Crippen molar-refractivity contribution >= 4 is 35.7 Å². The van der Waals surface area contributed by atoms with Crippen LogP contribution in [0.4, 0.5) is 0 Å². The maximum atomic E-state index is 3.92. The van der Waals surface area contributed by atoms with Crippen LogP contribution in [0.15, 0.2) is 73.4 Å². The Balaban J connectivity index is 0.00000120. The Bertz CT molecular complexity index is 1020. The van der Waals surface area contributed by atoms with Crippen molar-refractivity contribution in [2.45, 2.75) is 25.4 Å². The quantitative estimate of drug-likeness (QED) is 0.462. The number of rotatable bonds is 4. The molecule has 7 heteroatoms. The first-order chi connectivity index (χ1) is 13.4. The van der Waals surface area contributed by atoms with Gasteiger partial charge in [-0.2, -0.15) is 0 Å². The van der Waals surface area contributed by atoms with Crippen LogP contribution >= 0.6 is 24.8 Å². The lowest BCUT2D eigenvalue weighted by Gasteiger charge is -2.33. The Morgan fingerprint density at radius 2 is 1.59 bits per heavy atom. The third-order valence-electron chi connectivity index (χ3n) is 5.62. The van der Waals surface area contributed by atoms with Crippen LogP contribution in [0.3, 0.4) is 0 Å². The van der Waals surface area contributed by atoms with Crippen LogP contribution < -0.4 is 0 Å². The van der Waals surface area contributed by atoms with Crippen LogP contribution in [0.25, 0.3) is 16.6 Å². The molecule has 1 fully saturated rings. The minimum atomic E-state index is 0. The maximum absolute atomic E-state index is 3.92. The summed E-state index contributed by atoms with van der Waals surface area (Å²) in [6.07, 6.45) is 8.12. The molecule has 1 aliphatic heterocycles. The van der Waals surface area contributed by atoms with Gasteiger partial charge in [-0.25, -0.2) is 0 Å². The standard InChI is InChI=1S/C22H23N5.2ClH/c1-2-4-18(5-3-1)15-25-11-9-20(10-12-25)27-13-8-19-6-7-21(14-22(19)27)26-16-23-24-17-26;;/h1-8,13-14,16-17,20H,9-12,15H2;2*1H. The molecule has 4 aromatic rings. The zero-order valence-corrected chi connectivity index (χ0v) is 17.7. The Labute approximate surface area is 183 Å². The third-order valence-corrected chi connectivity index (χ3v) is 5.62. The van der Waals surface area contributed by atoms with Gasteiger partial charge in [0, 0.05) is 31.9 Å². The highest BCUT2D eigenvalue weighted by Gasteiger charge is 2.21. The van der Waals surface area contributed by atoms with Crippen molar-refractivity contribution in [3.63, 3.8) is 0 Å². The summed E-state index contributed by atoms with van der Waals surface area (Å²) >= 11 is 0. The van der Waals surface area contributed by atoms with Gasteiger partial charge in [0.05, 0.1) is 11.2 Å². The molecule has 1 saturated heterocycles. The summed E-state index contributed by atoms with van der Waals surface area (Å²) in [7, 11) is 0. The second kappa shape index (κ2) is 9.44. The predicted octanol–water partition coefficient (Wildman–Crippen LogP) is 4.90. The molecule has 0 radical (unpaired) electrons. The second-order valence-corrected chi connectivity index (χ2v) is 7.33. The van der Waals surface area contributed by atoms with E-state index in [1.54, 1.807) is 12.7 Å². The molecule has 2 aromatic carbocycles. The summed E-state index contributed by atoms with van der Waals surface area (Å²) in [6.45, 7) is 3.34. The first-order valence-corrected chi connectivity index (χ1v) is 9.59. The van der Waals surface area contributed by atoms with E-state index in [4.69, 9.17) is 0 Å². The van der Waals surface area contributed by atoms with Gasteiger partial charge in [0.1, 0.15) is 12.7 Å². The van der Waals surface area contributed by atoms with Crippen LogP contribution in [0.5, 0.6) is 0 Å². The summed E-state index contributed by atoms with van der Waals surface area (Å²) in [5, 5.41) is 9.13. The Morgan fingerprint density at radius 3 is 2.31 bits per heavy atom. The van der Waals surface area contributed by atoms with Crippen molar-refractivity contribution in [1.82, 2.24) is 24.2 Å². The van der Waals surface area contributed by atoms with Gasteiger partial charge in [-0.3, -0.25) is 9.47 Å². The van der Waals surface area contributed by atoms with Crippen molar-refractivity contribution in [2.24, 2.45) is 0 Å². The average molecular weight is 430 g/mol. The van der Waals surface area contributed by atoms with Crippen LogP contribution in [0.1, 0.15) is 24.4 Å². The number of piperidine rings is 1. The van der Waals surface area contributed by atoms with E-state index in [0.29, 0.717) is 6.04 Å². The van der Waals surface area contributed by atoms with Crippen molar-refractivity contribution in [1.29, 1.82) is 0 Å². The smallest absolute Gasteiger partial charge is 0.123 e. The van der Waals surface area contributed by atoms with E-state index in [-0.39, 0.29) is 24.8 Å². The minimum Gasteiger partial charge on any atom is -0.344 e. The minimum absolute atomic E-state index is 0. The lowest BCUT2D eigenvalue weighted by atomic mass is 10.0. The second-order valence-electron chi connectivity index (χ2n) is 7.33. The fraction of sp³-hybridized carbons (Fsp3) is 0.273. The summed E-state index contributed by atoms with van der Waals surface area (Å²) in [5.74, 6) is 0. The lowest BCUT2D eigenvalue weighted by molar-refractivity contribution is 0.181. The Hall–Kier alpha value is -2.34. The van der Waals surface area contributed by atoms with E-state index in [9.17, 15) is 0 Å². The molecule has 5 nitrogen and oxygen atoms in total. The van der Waals surface area contributed by atoms with E-state index in [1.807, 2.05) is 4.57 Å². The summed E-state index contributed by atoms with van der Waals surface area (Å²) in [5.41, 5.74) is 3.80. The van der Waals surface area contributed by atoms with Crippen LogP contribution in [-0.2, 0) is 6.54 Å². The van der Waals surface area contributed by atoms with Gasteiger partial charge in [-0.05, 0) is 42.0 Å². The molecule has 0 atom stereocenters. The summed E-state index contributed by atoms with van der Waals surface area (Å²) < 4.78 is 4.42. The molecule has 0 saturated carbocycles. The summed E-state index contributed by atoms with van der Waals surface area (Å²) in [4.78, 5) is 2.57. The van der Waals surface area contributed by atoms with Gasteiger partial charge >= 0.3 is 0 Å². The van der Waals surface area contributed by atoms with Crippen molar-refractivity contribution in [3.8, 4) is 5.69 Å². The molecular weight excluding hydrogens is 405 g/mol. The SMILES string of the molecule is Cl.Cl.c1ccc(CN2CCC(n3ccc4ccc(-n5cnnc5)cc43)CC2)cc1. The van der Waals surface area contributed by atoms with Gasteiger partial charge in [-0.15, -0.1) is 35.0 Å².